The number of ether oxygens (including phenoxy) is 2. The summed E-state index contributed by atoms with van der Waals surface area (Å²) in [7, 11) is 3.14. The van der Waals surface area contributed by atoms with E-state index >= 15 is 0 Å². The third kappa shape index (κ3) is 3.42. The minimum atomic E-state index is -0.408. The summed E-state index contributed by atoms with van der Waals surface area (Å²) in [6.07, 6.45) is 2.97. The number of furan rings is 1. The number of amides is 1. The fourth-order valence-corrected chi connectivity index (χ4v) is 1.76. The number of nitrogens with one attached hydrogen (secondary N) is 1. The third-order valence-electron chi connectivity index (χ3n) is 2.89. The highest BCUT2D eigenvalue weighted by atomic mass is 16.5. The Morgan fingerprint density at radius 1 is 1.29 bits per heavy atom. The highest BCUT2D eigenvalue weighted by Crippen LogP contribution is 2.29. The van der Waals surface area contributed by atoms with Crippen LogP contribution in [0.15, 0.2) is 40.0 Å². The van der Waals surface area contributed by atoms with E-state index in [1.165, 1.54) is 12.5 Å². The third-order valence-corrected chi connectivity index (χ3v) is 2.89. The Bertz CT molecular complexity index is 648. The van der Waals surface area contributed by atoms with E-state index in [-0.39, 0.29) is 5.76 Å². The predicted octanol–water partition coefficient (Wildman–Crippen LogP) is 2.37. The predicted molar refractivity (Wildman–Crippen MR) is 78.1 cm³/mol. The van der Waals surface area contributed by atoms with E-state index in [0.29, 0.717) is 11.5 Å². The second-order valence-electron chi connectivity index (χ2n) is 4.24. The van der Waals surface area contributed by atoms with E-state index in [0.717, 1.165) is 11.1 Å². The number of methoxy groups -OCH3 is 2. The molecule has 0 saturated heterocycles. The Kier molecular flexibility index (Phi) is 4.61. The summed E-state index contributed by atoms with van der Waals surface area (Å²) in [6.45, 7) is 1.91. The Labute approximate surface area is 122 Å². The van der Waals surface area contributed by atoms with Gasteiger partial charge in [0.15, 0.2) is 17.3 Å². The molecule has 1 aromatic heterocycles. The maximum Gasteiger partial charge on any atom is 0.307 e. The first kappa shape index (κ1) is 14.6. The second kappa shape index (κ2) is 6.60. The minimum Gasteiger partial charge on any atom is -0.493 e. The number of nitrogens with zero attached hydrogens (tertiary/aromatic N) is 1. The van der Waals surface area contributed by atoms with Crippen LogP contribution in [0.3, 0.4) is 0 Å². The normalized spacial score (nSPS) is 10.6. The maximum atomic E-state index is 11.6. The number of aryl methyl sites for hydroxylation is 1. The molecule has 0 aliphatic rings. The van der Waals surface area contributed by atoms with Crippen LogP contribution in [-0.4, -0.2) is 26.3 Å². The van der Waals surface area contributed by atoms with Gasteiger partial charge in [0.1, 0.15) is 0 Å². The summed E-state index contributed by atoms with van der Waals surface area (Å²) < 4.78 is 15.4. The quantitative estimate of drug-likeness (QED) is 0.677. The number of hydrogen-bond acceptors (Lipinski definition) is 5. The Morgan fingerprint density at radius 2 is 2.00 bits per heavy atom. The smallest absolute Gasteiger partial charge is 0.307 e. The van der Waals surface area contributed by atoms with Crippen LogP contribution in [0.25, 0.3) is 0 Å². The van der Waals surface area contributed by atoms with E-state index in [4.69, 9.17) is 13.9 Å². The van der Waals surface area contributed by atoms with Crippen LogP contribution in [0.2, 0.25) is 0 Å². The summed E-state index contributed by atoms with van der Waals surface area (Å²) in [5, 5.41) is 3.91. The van der Waals surface area contributed by atoms with Crippen LogP contribution in [0.5, 0.6) is 11.5 Å². The molecular formula is C15H16N2O4. The van der Waals surface area contributed by atoms with Crippen LogP contribution in [0.4, 0.5) is 0 Å². The zero-order valence-corrected chi connectivity index (χ0v) is 12.0. The van der Waals surface area contributed by atoms with Crippen molar-refractivity contribution >= 4 is 12.1 Å². The summed E-state index contributed by atoms with van der Waals surface area (Å²) >= 11 is 0. The zero-order valence-electron chi connectivity index (χ0n) is 12.0. The fraction of sp³-hybridized carbons (Fsp3) is 0.200. The van der Waals surface area contributed by atoms with Crippen LogP contribution in [-0.2, 0) is 0 Å². The van der Waals surface area contributed by atoms with Crippen LogP contribution < -0.4 is 14.9 Å². The van der Waals surface area contributed by atoms with Gasteiger partial charge in [-0.25, -0.2) is 5.43 Å². The van der Waals surface area contributed by atoms with E-state index < -0.39 is 5.91 Å². The number of carbonyl (C=O) groups excluding carboxylic acids is 1. The molecule has 2 rings (SSSR count). The van der Waals surface area contributed by atoms with Crippen LogP contribution in [0, 0.1) is 6.92 Å². The molecule has 0 aliphatic carbocycles. The zero-order chi connectivity index (χ0) is 15.2. The molecule has 1 amide bonds. The number of rotatable bonds is 5. The van der Waals surface area contributed by atoms with Crippen molar-refractivity contribution in [2.24, 2.45) is 5.10 Å². The van der Waals surface area contributed by atoms with Gasteiger partial charge >= 0.3 is 5.91 Å². The standard InChI is InChI=1S/C15H16N2O4/c1-10-7-13(19-2)14(20-3)8-11(10)9-16-17-15(18)12-5-4-6-21-12/h4-9H,1-3H3,(H,17,18). The fourth-order valence-electron chi connectivity index (χ4n) is 1.76. The van der Waals surface area contributed by atoms with E-state index in [2.05, 4.69) is 10.5 Å². The van der Waals surface area contributed by atoms with Crippen molar-refractivity contribution < 1.29 is 18.7 Å². The summed E-state index contributed by atoms with van der Waals surface area (Å²) in [5.74, 6) is 1.04. The molecule has 0 fully saturated rings. The molecule has 6 nitrogen and oxygen atoms in total. The molecule has 0 saturated carbocycles. The molecule has 0 atom stereocenters. The number of hydrogen-bond donors (Lipinski definition) is 1. The number of hydrazone groups is 1. The van der Waals surface area contributed by atoms with Crippen molar-refractivity contribution in [1.82, 2.24) is 5.43 Å². The van der Waals surface area contributed by atoms with Gasteiger partial charge in [-0.3, -0.25) is 4.79 Å². The van der Waals surface area contributed by atoms with Gasteiger partial charge in [0.2, 0.25) is 0 Å². The van der Waals surface area contributed by atoms with Gasteiger partial charge in [-0.2, -0.15) is 5.10 Å². The van der Waals surface area contributed by atoms with Crippen molar-refractivity contribution in [3.8, 4) is 11.5 Å². The van der Waals surface area contributed by atoms with E-state index in [1.54, 1.807) is 32.4 Å². The molecule has 6 heteroatoms. The molecular weight excluding hydrogens is 272 g/mol. The summed E-state index contributed by atoms with van der Waals surface area (Å²) in [4.78, 5) is 11.6. The second-order valence-corrected chi connectivity index (χ2v) is 4.24. The Hall–Kier alpha value is -2.76. The molecule has 21 heavy (non-hydrogen) atoms. The molecule has 1 N–H and O–H groups in total. The van der Waals surface area contributed by atoms with Crippen LogP contribution in [0.1, 0.15) is 21.7 Å². The largest absolute Gasteiger partial charge is 0.493 e. The van der Waals surface area contributed by atoms with Crippen molar-refractivity contribution in [1.29, 1.82) is 0 Å². The van der Waals surface area contributed by atoms with Gasteiger partial charge in [0, 0.05) is 5.56 Å². The lowest BCUT2D eigenvalue weighted by atomic mass is 10.1. The van der Waals surface area contributed by atoms with Crippen LogP contribution >= 0.6 is 0 Å². The molecule has 1 heterocycles. The van der Waals surface area contributed by atoms with Gasteiger partial charge < -0.3 is 13.9 Å². The highest BCUT2D eigenvalue weighted by Gasteiger charge is 2.08. The van der Waals surface area contributed by atoms with Crippen molar-refractivity contribution in [3.05, 3.63) is 47.4 Å². The monoisotopic (exact) mass is 288 g/mol. The Balaban J connectivity index is 2.12. The van der Waals surface area contributed by atoms with Crippen molar-refractivity contribution in [2.45, 2.75) is 6.92 Å². The SMILES string of the molecule is COc1cc(C)c(C=NNC(=O)c2ccco2)cc1OC. The summed E-state index contributed by atoms with van der Waals surface area (Å²) in [6, 6.07) is 6.83. The van der Waals surface area contributed by atoms with E-state index in [1.807, 2.05) is 13.0 Å². The number of carbonyl (C=O) groups is 1. The summed E-state index contributed by atoms with van der Waals surface area (Å²) in [5.41, 5.74) is 4.15. The van der Waals surface area contributed by atoms with Gasteiger partial charge in [-0.1, -0.05) is 0 Å². The molecule has 110 valence electrons. The van der Waals surface area contributed by atoms with Crippen molar-refractivity contribution in [3.63, 3.8) is 0 Å². The first-order valence-electron chi connectivity index (χ1n) is 6.25. The molecule has 2 aromatic rings. The van der Waals surface area contributed by atoms with Gasteiger partial charge in [-0.05, 0) is 36.8 Å². The highest BCUT2D eigenvalue weighted by molar-refractivity contribution is 5.92. The van der Waals surface area contributed by atoms with E-state index in [9.17, 15) is 4.79 Å². The molecule has 1 aromatic carbocycles. The lowest BCUT2D eigenvalue weighted by Gasteiger charge is -2.10. The van der Waals surface area contributed by atoms with Gasteiger partial charge in [0.25, 0.3) is 0 Å². The average Bonchev–Trinajstić information content (AvgIpc) is 3.02. The number of benzene rings is 1. The topological polar surface area (TPSA) is 73.1 Å². The first-order chi connectivity index (χ1) is 10.2. The molecule has 0 bridgehead atoms. The Morgan fingerprint density at radius 3 is 2.62 bits per heavy atom. The maximum absolute atomic E-state index is 11.6. The average molecular weight is 288 g/mol. The molecule has 0 radical (unpaired) electrons. The molecule has 0 aliphatic heterocycles. The minimum absolute atomic E-state index is 0.205. The lowest BCUT2D eigenvalue weighted by Crippen LogP contribution is -2.16. The molecule has 0 unspecified atom stereocenters. The van der Waals surface area contributed by atoms with Crippen molar-refractivity contribution in [2.75, 3.05) is 14.2 Å². The lowest BCUT2D eigenvalue weighted by molar-refractivity contribution is 0.0927. The first-order valence-corrected chi connectivity index (χ1v) is 6.25. The van der Waals surface area contributed by atoms with Gasteiger partial charge in [0.05, 0.1) is 26.7 Å². The molecule has 0 spiro atoms. The van der Waals surface area contributed by atoms with Gasteiger partial charge in [-0.15, -0.1) is 0 Å².